The summed E-state index contributed by atoms with van der Waals surface area (Å²) in [6, 6.07) is 3.51. The standard InChI is InChI=1S/C15H16BrN3O4/c16-11-7-13-12(22-9-23-13)6-10(11)8-17-18-14(20)15(21)19-4-2-1-3-5-19/h6-8H,1-5,9H2,(H,18,20). The monoisotopic (exact) mass is 381 g/mol. The Morgan fingerprint density at radius 2 is 1.87 bits per heavy atom. The van der Waals surface area contributed by atoms with Gasteiger partial charge in [-0.15, -0.1) is 0 Å². The van der Waals surface area contributed by atoms with E-state index in [1.165, 1.54) is 6.21 Å². The summed E-state index contributed by atoms with van der Waals surface area (Å²) >= 11 is 3.39. The lowest BCUT2D eigenvalue weighted by atomic mass is 10.1. The number of amides is 2. The van der Waals surface area contributed by atoms with E-state index in [1.54, 1.807) is 17.0 Å². The van der Waals surface area contributed by atoms with E-state index >= 15 is 0 Å². The Labute approximate surface area is 141 Å². The molecular formula is C15H16BrN3O4. The minimum Gasteiger partial charge on any atom is -0.454 e. The maximum Gasteiger partial charge on any atom is 0.329 e. The van der Waals surface area contributed by atoms with Crippen molar-refractivity contribution in [3.63, 3.8) is 0 Å². The molecule has 0 spiro atoms. The fourth-order valence-electron chi connectivity index (χ4n) is 2.48. The number of ether oxygens (including phenoxy) is 2. The van der Waals surface area contributed by atoms with E-state index in [0.717, 1.165) is 23.7 Å². The molecule has 2 amide bonds. The third kappa shape index (κ3) is 3.64. The topological polar surface area (TPSA) is 80.2 Å². The number of hydrogen-bond donors (Lipinski definition) is 1. The summed E-state index contributed by atoms with van der Waals surface area (Å²) in [4.78, 5) is 25.3. The third-order valence-electron chi connectivity index (χ3n) is 3.70. The smallest absolute Gasteiger partial charge is 0.329 e. The van der Waals surface area contributed by atoms with Gasteiger partial charge < -0.3 is 14.4 Å². The minimum absolute atomic E-state index is 0.184. The van der Waals surface area contributed by atoms with Crippen molar-refractivity contribution in [3.8, 4) is 11.5 Å². The van der Waals surface area contributed by atoms with Crippen LogP contribution in [0.5, 0.6) is 11.5 Å². The number of hydrogen-bond acceptors (Lipinski definition) is 5. The Kier molecular flexibility index (Phi) is 4.80. The van der Waals surface area contributed by atoms with Crippen LogP contribution in [0.1, 0.15) is 24.8 Å². The molecule has 1 aromatic carbocycles. The second kappa shape index (κ2) is 6.99. The molecule has 2 aliphatic rings. The molecule has 0 unspecified atom stereocenters. The number of carbonyl (C=O) groups is 2. The van der Waals surface area contributed by atoms with Crippen molar-refractivity contribution in [2.75, 3.05) is 19.9 Å². The molecule has 0 atom stereocenters. The highest BCUT2D eigenvalue weighted by Gasteiger charge is 2.23. The van der Waals surface area contributed by atoms with Gasteiger partial charge in [-0.3, -0.25) is 9.59 Å². The summed E-state index contributed by atoms with van der Waals surface area (Å²) in [6.45, 7) is 1.44. The first-order chi connectivity index (χ1) is 11.1. The number of piperidine rings is 1. The third-order valence-corrected chi connectivity index (χ3v) is 4.39. The van der Waals surface area contributed by atoms with Crippen molar-refractivity contribution in [3.05, 3.63) is 22.2 Å². The predicted molar refractivity (Wildman–Crippen MR) is 86.4 cm³/mol. The van der Waals surface area contributed by atoms with E-state index in [2.05, 4.69) is 26.5 Å². The number of halogens is 1. The van der Waals surface area contributed by atoms with Crippen LogP contribution in [0.15, 0.2) is 21.7 Å². The molecule has 1 aromatic rings. The molecule has 7 nitrogen and oxygen atoms in total. The molecule has 0 aromatic heterocycles. The van der Waals surface area contributed by atoms with Crippen LogP contribution < -0.4 is 14.9 Å². The molecule has 2 heterocycles. The van der Waals surface area contributed by atoms with E-state index in [-0.39, 0.29) is 6.79 Å². The quantitative estimate of drug-likeness (QED) is 0.479. The zero-order chi connectivity index (χ0) is 16.2. The van der Waals surface area contributed by atoms with Gasteiger partial charge in [0.15, 0.2) is 11.5 Å². The van der Waals surface area contributed by atoms with Gasteiger partial charge in [0.05, 0.1) is 6.21 Å². The predicted octanol–water partition coefficient (Wildman–Crippen LogP) is 1.64. The Bertz CT molecular complexity index is 656. The molecule has 1 N–H and O–H groups in total. The second-order valence-corrected chi connectivity index (χ2v) is 6.13. The Morgan fingerprint density at radius 3 is 2.61 bits per heavy atom. The molecule has 23 heavy (non-hydrogen) atoms. The van der Waals surface area contributed by atoms with Crippen LogP contribution >= 0.6 is 15.9 Å². The number of carbonyl (C=O) groups excluding carboxylic acids is 2. The number of fused-ring (bicyclic) bond motifs is 1. The van der Waals surface area contributed by atoms with Crippen LogP contribution in [0.2, 0.25) is 0 Å². The first-order valence-corrected chi connectivity index (χ1v) is 8.16. The molecule has 3 rings (SSSR count). The number of nitrogens with zero attached hydrogens (tertiary/aromatic N) is 2. The van der Waals surface area contributed by atoms with Crippen molar-refractivity contribution in [1.29, 1.82) is 0 Å². The molecule has 8 heteroatoms. The normalized spacial score (nSPS) is 16.7. The van der Waals surface area contributed by atoms with Gasteiger partial charge in [0.25, 0.3) is 0 Å². The van der Waals surface area contributed by atoms with Crippen molar-refractivity contribution in [1.82, 2.24) is 10.3 Å². The summed E-state index contributed by atoms with van der Waals surface area (Å²) in [6.07, 6.45) is 4.42. The first-order valence-electron chi connectivity index (χ1n) is 7.36. The van der Waals surface area contributed by atoms with Gasteiger partial charge in [0.2, 0.25) is 6.79 Å². The van der Waals surface area contributed by atoms with Crippen LogP contribution in [-0.2, 0) is 9.59 Å². The lowest BCUT2D eigenvalue weighted by Gasteiger charge is -2.25. The summed E-state index contributed by atoms with van der Waals surface area (Å²) in [5.74, 6) is 0.00956. The van der Waals surface area contributed by atoms with Crippen molar-refractivity contribution in [2.24, 2.45) is 5.10 Å². The molecule has 1 fully saturated rings. The lowest BCUT2D eigenvalue weighted by Crippen LogP contribution is -2.43. The number of hydrazone groups is 1. The van der Waals surface area contributed by atoms with Gasteiger partial charge in [0.1, 0.15) is 0 Å². The van der Waals surface area contributed by atoms with Crippen molar-refractivity contribution < 1.29 is 19.1 Å². The molecule has 0 bridgehead atoms. The van der Waals surface area contributed by atoms with E-state index < -0.39 is 11.8 Å². The molecule has 0 saturated carbocycles. The summed E-state index contributed by atoms with van der Waals surface area (Å²) in [5, 5.41) is 3.85. The average Bonchev–Trinajstić information content (AvgIpc) is 3.02. The highest BCUT2D eigenvalue weighted by atomic mass is 79.9. The maximum absolute atomic E-state index is 12.0. The average molecular weight is 382 g/mol. The van der Waals surface area contributed by atoms with Crippen molar-refractivity contribution >= 4 is 34.0 Å². The molecule has 122 valence electrons. The summed E-state index contributed by atoms with van der Waals surface area (Å²) < 4.78 is 11.3. The molecule has 0 aliphatic carbocycles. The Morgan fingerprint density at radius 1 is 1.17 bits per heavy atom. The Balaban J connectivity index is 1.60. The molecule has 2 aliphatic heterocycles. The molecule has 1 saturated heterocycles. The van der Waals surface area contributed by atoms with Crippen molar-refractivity contribution in [2.45, 2.75) is 19.3 Å². The van der Waals surface area contributed by atoms with Gasteiger partial charge >= 0.3 is 11.8 Å². The zero-order valence-electron chi connectivity index (χ0n) is 12.4. The zero-order valence-corrected chi connectivity index (χ0v) is 14.0. The van der Waals surface area contributed by atoms with E-state index in [0.29, 0.717) is 30.2 Å². The van der Waals surface area contributed by atoms with Crippen LogP contribution in [0, 0.1) is 0 Å². The van der Waals surface area contributed by atoms with Crippen LogP contribution in [0.3, 0.4) is 0 Å². The largest absolute Gasteiger partial charge is 0.454 e. The number of rotatable bonds is 2. The van der Waals surface area contributed by atoms with E-state index in [1.807, 2.05) is 0 Å². The molecular weight excluding hydrogens is 366 g/mol. The number of likely N-dealkylation sites (tertiary alicyclic amines) is 1. The van der Waals surface area contributed by atoms with Crippen LogP contribution in [0.25, 0.3) is 0 Å². The number of nitrogens with one attached hydrogen (secondary N) is 1. The maximum atomic E-state index is 12.0. The first kappa shape index (κ1) is 15.8. The second-order valence-electron chi connectivity index (χ2n) is 5.28. The summed E-state index contributed by atoms with van der Waals surface area (Å²) in [5.41, 5.74) is 2.98. The van der Waals surface area contributed by atoms with Gasteiger partial charge in [0, 0.05) is 23.1 Å². The number of benzene rings is 1. The lowest BCUT2D eigenvalue weighted by molar-refractivity contribution is -0.146. The summed E-state index contributed by atoms with van der Waals surface area (Å²) in [7, 11) is 0. The SMILES string of the molecule is O=C(NN=Cc1cc2c(cc1Br)OCO2)C(=O)N1CCCCC1. The van der Waals surface area contributed by atoms with Gasteiger partial charge in [-0.25, -0.2) is 5.43 Å². The Hall–Kier alpha value is -2.09. The minimum atomic E-state index is -0.722. The van der Waals surface area contributed by atoms with Gasteiger partial charge in [-0.05, 0) is 47.3 Å². The highest BCUT2D eigenvalue weighted by Crippen LogP contribution is 2.36. The van der Waals surface area contributed by atoms with E-state index in [9.17, 15) is 9.59 Å². The van der Waals surface area contributed by atoms with Crippen LogP contribution in [-0.4, -0.2) is 42.8 Å². The fourth-order valence-corrected chi connectivity index (χ4v) is 2.91. The highest BCUT2D eigenvalue weighted by molar-refractivity contribution is 9.10. The van der Waals surface area contributed by atoms with Gasteiger partial charge in [-0.2, -0.15) is 5.10 Å². The fraction of sp³-hybridized carbons (Fsp3) is 0.400. The molecule has 0 radical (unpaired) electrons. The van der Waals surface area contributed by atoms with E-state index in [4.69, 9.17) is 9.47 Å². The van der Waals surface area contributed by atoms with Crippen LogP contribution in [0.4, 0.5) is 0 Å². The van der Waals surface area contributed by atoms with Gasteiger partial charge in [-0.1, -0.05) is 0 Å².